The van der Waals surface area contributed by atoms with E-state index >= 15 is 0 Å². The van der Waals surface area contributed by atoms with Crippen LogP contribution in [0.25, 0.3) is 0 Å². The van der Waals surface area contributed by atoms with Crippen LogP contribution in [0.15, 0.2) is 6.07 Å². The monoisotopic (exact) mass is 298 g/mol. The molecule has 6 nitrogen and oxygen atoms in total. The van der Waals surface area contributed by atoms with Gasteiger partial charge in [-0.1, -0.05) is 0 Å². The number of rotatable bonds is 6. The van der Waals surface area contributed by atoms with Crippen molar-refractivity contribution in [2.75, 3.05) is 18.5 Å². The number of ether oxygens (including phenoxy) is 1. The number of aryl methyl sites for hydroxylation is 1. The Morgan fingerprint density at radius 1 is 1.35 bits per heavy atom. The van der Waals surface area contributed by atoms with E-state index in [-0.39, 0.29) is 31.4 Å². The zero-order valence-corrected chi connectivity index (χ0v) is 12.6. The van der Waals surface area contributed by atoms with Crippen LogP contribution in [0, 0.1) is 6.92 Å². The van der Waals surface area contributed by atoms with Crippen LogP contribution in [0.1, 0.15) is 35.5 Å². The zero-order chi connectivity index (χ0) is 15.1. The minimum atomic E-state index is -0.450. The Kier molecular flexibility index (Phi) is 6.17. The van der Waals surface area contributed by atoms with Gasteiger partial charge in [0, 0.05) is 24.8 Å². The smallest absolute Gasteiger partial charge is 0.341 e. The highest BCUT2D eigenvalue weighted by molar-refractivity contribution is 7.16. The summed E-state index contributed by atoms with van der Waals surface area (Å²) in [6.45, 7) is 5.51. The summed E-state index contributed by atoms with van der Waals surface area (Å²) in [6, 6.07) is 1.69. The van der Waals surface area contributed by atoms with E-state index in [9.17, 15) is 14.4 Å². The van der Waals surface area contributed by atoms with E-state index in [1.165, 1.54) is 18.3 Å². The molecule has 0 bridgehead atoms. The Labute approximate surface area is 121 Å². The van der Waals surface area contributed by atoms with Gasteiger partial charge in [0.15, 0.2) is 0 Å². The van der Waals surface area contributed by atoms with Crippen molar-refractivity contribution in [2.45, 2.75) is 27.2 Å². The maximum atomic E-state index is 11.7. The van der Waals surface area contributed by atoms with Gasteiger partial charge >= 0.3 is 5.97 Å². The summed E-state index contributed by atoms with van der Waals surface area (Å²) in [6.07, 6.45) is 0.152. The molecule has 0 aliphatic heterocycles. The maximum Gasteiger partial charge on any atom is 0.341 e. The standard InChI is InChI=1S/C13H18N2O4S/c1-4-19-13(18)10-7-8(2)20-12(10)15-11(17)5-6-14-9(3)16/h7H,4-6H2,1-3H3,(H,14,16)(H,15,17). The van der Waals surface area contributed by atoms with E-state index in [1.807, 2.05) is 6.92 Å². The highest BCUT2D eigenvalue weighted by Crippen LogP contribution is 2.28. The summed E-state index contributed by atoms with van der Waals surface area (Å²) >= 11 is 1.32. The van der Waals surface area contributed by atoms with E-state index in [0.29, 0.717) is 10.6 Å². The van der Waals surface area contributed by atoms with Crippen LogP contribution in [-0.2, 0) is 14.3 Å². The van der Waals surface area contributed by atoms with Crippen LogP contribution >= 0.6 is 11.3 Å². The lowest BCUT2D eigenvalue weighted by molar-refractivity contribution is -0.119. The van der Waals surface area contributed by atoms with Crippen molar-refractivity contribution >= 4 is 34.1 Å². The van der Waals surface area contributed by atoms with Crippen LogP contribution in [-0.4, -0.2) is 30.9 Å². The third-order valence-corrected chi connectivity index (χ3v) is 3.30. The second kappa shape index (κ2) is 7.64. The van der Waals surface area contributed by atoms with E-state index < -0.39 is 5.97 Å². The normalized spacial score (nSPS) is 9.95. The molecule has 0 unspecified atom stereocenters. The van der Waals surface area contributed by atoms with Crippen molar-refractivity contribution in [1.29, 1.82) is 0 Å². The van der Waals surface area contributed by atoms with Gasteiger partial charge in [-0.25, -0.2) is 4.79 Å². The molecule has 0 aliphatic rings. The van der Waals surface area contributed by atoms with Crippen molar-refractivity contribution in [1.82, 2.24) is 5.32 Å². The summed E-state index contributed by atoms with van der Waals surface area (Å²) < 4.78 is 4.94. The third kappa shape index (κ3) is 5.00. The number of nitrogens with one attached hydrogen (secondary N) is 2. The van der Waals surface area contributed by atoms with E-state index in [1.54, 1.807) is 13.0 Å². The molecule has 2 N–H and O–H groups in total. The first-order valence-electron chi connectivity index (χ1n) is 6.25. The fourth-order valence-corrected chi connectivity index (χ4v) is 2.42. The number of hydrogen-bond donors (Lipinski definition) is 2. The molecule has 2 amide bonds. The van der Waals surface area contributed by atoms with Gasteiger partial charge in [-0.2, -0.15) is 0 Å². The minimum absolute atomic E-state index is 0.152. The molecule has 0 saturated carbocycles. The summed E-state index contributed by atoms with van der Waals surface area (Å²) in [5, 5.41) is 5.69. The van der Waals surface area contributed by atoms with Crippen LogP contribution in [0.4, 0.5) is 5.00 Å². The molecule has 0 fully saturated rings. The predicted octanol–water partition coefficient (Wildman–Crippen LogP) is 1.70. The van der Waals surface area contributed by atoms with Gasteiger partial charge in [0.2, 0.25) is 11.8 Å². The molecule has 1 aromatic heterocycles. The molecule has 1 rings (SSSR count). The number of anilines is 1. The van der Waals surface area contributed by atoms with E-state index in [0.717, 1.165) is 4.88 Å². The highest BCUT2D eigenvalue weighted by atomic mass is 32.1. The van der Waals surface area contributed by atoms with Crippen LogP contribution in [0.3, 0.4) is 0 Å². The molecule has 0 atom stereocenters. The molecule has 0 aliphatic carbocycles. The lowest BCUT2D eigenvalue weighted by Crippen LogP contribution is -2.25. The molecule has 0 radical (unpaired) electrons. The van der Waals surface area contributed by atoms with Crippen LogP contribution in [0.5, 0.6) is 0 Å². The fourth-order valence-electron chi connectivity index (χ4n) is 1.51. The van der Waals surface area contributed by atoms with Gasteiger partial charge in [0.25, 0.3) is 0 Å². The average molecular weight is 298 g/mol. The van der Waals surface area contributed by atoms with E-state index in [4.69, 9.17) is 4.74 Å². The quantitative estimate of drug-likeness (QED) is 0.783. The van der Waals surface area contributed by atoms with Gasteiger partial charge < -0.3 is 15.4 Å². The van der Waals surface area contributed by atoms with Gasteiger partial charge in [0.1, 0.15) is 5.00 Å². The zero-order valence-electron chi connectivity index (χ0n) is 11.7. The molecule has 0 saturated heterocycles. The first-order valence-corrected chi connectivity index (χ1v) is 7.07. The predicted molar refractivity (Wildman–Crippen MR) is 76.9 cm³/mol. The van der Waals surface area contributed by atoms with Crippen molar-refractivity contribution in [2.24, 2.45) is 0 Å². The molecular weight excluding hydrogens is 280 g/mol. The fraction of sp³-hybridized carbons (Fsp3) is 0.462. The first kappa shape index (κ1) is 16.2. The number of carbonyl (C=O) groups is 3. The van der Waals surface area contributed by atoms with E-state index in [2.05, 4.69) is 10.6 Å². The number of amides is 2. The first-order chi connectivity index (χ1) is 9.43. The lowest BCUT2D eigenvalue weighted by atomic mass is 10.3. The van der Waals surface area contributed by atoms with Crippen molar-refractivity contribution in [3.05, 3.63) is 16.5 Å². The Bertz CT molecular complexity index is 510. The minimum Gasteiger partial charge on any atom is -0.462 e. The average Bonchev–Trinajstić information content (AvgIpc) is 2.70. The third-order valence-electron chi connectivity index (χ3n) is 2.33. The van der Waals surface area contributed by atoms with Gasteiger partial charge in [-0.15, -0.1) is 11.3 Å². The Balaban J connectivity index is 2.65. The molecule has 0 aromatic carbocycles. The summed E-state index contributed by atoms with van der Waals surface area (Å²) in [7, 11) is 0. The Hall–Kier alpha value is -1.89. The second-order valence-electron chi connectivity index (χ2n) is 4.10. The van der Waals surface area contributed by atoms with Gasteiger partial charge in [-0.3, -0.25) is 9.59 Å². The molecule has 110 valence electrons. The Morgan fingerprint density at radius 2 is 2.05 bits per heavy atom. The molecule has 1 heterocycles. The Morgan fingerprint density at radius 3 is 2.65 bits per heavy atom. The topological polar surface area (TPSA) is 84.5 Å². The molecule has 1 aromatic rings. The molecular formula is C13H18N2O4S. The number of carbonyl (C=O) groups excluding carboxylic acids is 3. The molecule has 0 spiro atoms. The van der Waals surface area contributed by atoms with Gasteiger partial charge in [0.05, 0.1) is 12.2 Å². The number of thiophene rings is 1. The summed E-state index contributed by atoms with van der Waals surface area (Å²) in [5.74, 6) is -0.892. The lowest BCUT2D eigenvalue weighted by Gasteiger charge is -2.06. The summed E-state index contributed by atoms with van der Waals surface area (Å²) in [4.78, 5) is 35.1. The number of esters is 1. The van der Waals surface area contributed by atoms with Crippen LogP contribution in [0.2, 0.25) is 0 Å². The highest BCUT2D eigenvalue weighted by Gasteiger charge is 2.17. The van der Waals surface area contributed by atoms with Crippen molar-refractivity contribution in [3.63, 3.8) is 0 Å². The van der Waals surface area contributed by atoms with Crippen molar-refractivity contribution in [3.8, 4) is 0 Å². The summed E-state index contributed by atoms with van der Waals surface area (Å²) in [5.41, 5.74) is 0.363. The van der Waals surface area contributed by atoms with Crippen molar-refractivity contribution < 1.29 is 19.1 Å². The SMILES string of the molecule is CCOC(=O)c1cc(C)sc1NC(=O)CCNC(C)=O. The second-order valence-corrected chi connectivity index (χ2v) is 5.36. The largest absolute Gasteiger partial charge is 0.462 e. The molecule has 7 heteroatoms. The maximum absolute atomic E-state index is 11.7. The molecule has 20 heavy (non-hydrogen) atoms. The van der Waals surface area contributed by atoms with Crippen LogP contribution < -0.4 is 10.6 Å². The number of hydrogen-bond acceptors (Lipinski definition) is 5. The van der Waals surface area contributed by atoms with Gasteiger partial charge in [-0.05, 0) is 19.9 Å².